The van der Waals surface area contributed by atoms with Crippen LogP contribution >= 0.6 is 0 Å². The molecule has 3 aromatic carbocycles. The molecule has 0 fully saturated rings. The van der Waals surface area contributed by atoms with Gasteiger partial charge in [-0.3, -0.25) is 9.52 Å². The monoisotopic (exact) mass is 482 g/mol. The van der Waals surface area contributed by atoms with Gasteiger partial charge in [-0.05, 0) is 67.4 Å². The van der Waals surface area contributed by atoms with Crippen LogP contribution in [0, 0.1) is 5.92 Å². The van der Waals surface area contributed by atoms with Gasteiger partial charge in [-0.2, -0.15) is 0 Å². The zero-order valence-corrected chi connectivity index (χ0v) is 19.7. The Labute approximate surface area is 198 Å². The summed E-state index contributed by atoms with van der Waals surface area (Å²) in [4.78, 5) is 12.8. The molecule has 1 atom stereocenters. The quantitative estimate of drug-likeness (QED) is 0.501. The summed E-state index contributed by atoms with van der Waals surface area (Å²) >= 11 is 0. The fourth-order valence-corrected chi connectivity index (χ4v) is 4.96. The Hall–Kier alpha value is -3.72. The predicted molar refractivity (Wildman–Crippen MR) is 129 cm³/mol. The molecule has 0 unspecified atom stereocenters. The van der Waals surface area contributed by atoms with Crippen molar-refractivity contribution in [3.63, 3.8) is 0 Å². The Morgan fingerprint density at radius 2 is 1.79 bits per heavy atom. The second kappa shape index (κ2) is 10.0. The molecule has 0 aromatic heterocycles. The zero-order valence-electron chi connectivity index (χ0n) is 18.9. The third-order valence-corrected chi connectivity index (χ3v) is 6.79. The maximum Gasteiger partial charge on any atom is 0.265 e. The molecule has 178 valence electrons. The fraction of sp³-hybridized carbons (Fsp3) is 0.240. The maximum atomic E-state index is 13.1. The number of carbonyl (C=O) groups excluding carboxylic acids is 1. The number of nitrogens with one attached hydrogen (secondary N) is 2. The summed E-state index contributed by atoms with van der Waals surface area (Å²) in [7, 11) is -2.61. The van der Waals surface area contributed by atoms with Gasteiger partial charge >= 0.3 is 0 Å². The number of fused-ring (bicyclic) bond motifs is 1. The third-order valence-electron chi connectivity index (χ3n) is 5.39. The average molecular weight is 483 g/mol. The van der Waals surface area contributed by atoms with Gasteiger partial charge in [-0.15, -0.1) is 0 Å². The van der Waals surface area contributed by atoms with E-state index in [0.29, 0.717) is 30.2 Å². The Kier molecular flexibility index (Phi) is 6.93. The number of rotatable bonds is 8. The Bertz CT molecular complexity index is 1270. The number of benzene rings is 3. The summed E-state index contributed by atoms with van der Waals surface area (Å²) in [6.07, 6.45) is 0.544. The smallest absolute Gasteiger partial charge is 0.265 e. The van der Waals surface area contributed by atoms with Crippen LogP contribution in [0.15, 0.2) is 71.6 Å². The number of amides is 1. The summed E-state index contributed by atoms with van der Waals surface area (Å²) in [5.74, 6) is 0.944. The lowest BCUT2D eigenvalue weighted by atomic mass is 9.96. The number of carbonyl (C=O) groups is 1. The first-order valence-electron chi connectivity index (χ1n) is 10.8. The van der Waals surface area contributed by atoms with Gasteiger partial charge in [0.2, 0.25) is 5.91 Å². The minimum Gasteiger partial charge on any atom is -0.495 e. The van der Waals surface area contributed by atoms with Crippen molar-refractivity contribution in [3.05, 3.63) is 72.3 Å². The van der Waals surface area contributed by atoms with Crippen molar-refractivity contribution in [2.45, 2.75) is 18.2 Å². The van der Waals surface area contributed by atoms with Crippen LogP contribution in [-0.2, 0) is 21.2 Å². The Morgan fingerprint density at radius 3 is 2.53 bits per heavy atom. The second-order valence-corrected chi connectivity index (χ2v) is 9.39. The van der Waals surface area contributed by atoms with Crippen LogP contribution in [0.25, 0.3) is 0 Å². The molecule has 4 rings (SSSR count). The van der Waals surface area contributed by atoms with Crippen LogP contribution in [0.4, 0.5) is 11.4 Å². The molecule has 8 nitrogen and oxygen atoms in total. The summed E-state index contributed by atoms with van der Waals surface area (Å²) < 4.78 is 45.1. The lowest BCUT2D eigenvalue weighted by Crippen LogP contribution is -2.32. The number of anilines is 2. The van der Waals surface area contributed by atoms with Crippen molar-refractivity contribution in [1.82, 2.24) is 0 Å². The fourth-order valence-electron chi connectivity index (χ4n) is 3.70. The first-order valence-corrected chi connectivity index (χ1v) is 12.3. The van der Waals surface area contributed by atoms with Crippen molar-refractivity contribution < 1.29 is 27.4 Å². The second-order valence-electron chi connectivity index (χ2n) is 7.74. The number of ether oxygens (including phenoxy) is 3. The van der Waals surface area contributed by atoms with E-state index in [1.165, 1.54) is 19.2 Å². The molecule has 9 heteroatoms. The standard InChI is InChI=1S/C25H26N2O6S/c1-3-32-21-11-8-19(9-12-21)27-34(29,30)24-15-20(10-13-23(24)31-2)26-25(28)18-14-17-6-4-5-7-22(17)33-16-18/h4-13,15,18,27H,3,14,16H2,1-2H3,(H,26,28)/t18-/m1/s1. The molecule has 1 heterocycles. The highest BCUT2D eigenvalue weighted by atomic mass is 32.2. The van der Waals surface area contributed by atoms with Crippen LogP contribution in [0.5, 0.6) is 17.2 Å². The van der Waals surface area contributed by atoms with E-state index in [-0.39, 0.29) is 29.1 Å². The van der Waals surface area contributed by atoms with Crippen molar-refractivity contribution >= 4 is 27.3 Å². The van der Waals surface area contributed by atoms with Gasteiger partial charge in [-0.1, -0.05) is 18.2 Å². The highest BCUT2D eigenvalue weighted by Crippen LogP contribution is 2.31. The van der Waals surface area contributed by atoms with E-state index in [2.05, 4.69) is 10.0 Å². The van der Waals surface area contributed by atoms with Crippen LogP contribution < -0.4 is 24.2 Å². The number of para-hydroxylation sites is 1. The van der Waals surface area contributed by atoms with Gasteiger partial charge in [-0.25, -0.2) is 8.42 Å². The topological polar surface area (TPSA) is 103 Å². The summed E-state index contributed by atoms with van der Waals surface area (Å²) in [6, 6.07) is 18.7. The van der Waals surface area contributed by atoms with E-state index in [9.17, 15) is 13.2 Å². The highest BCUT2D eigenvalue weighted by Gasteiger charge is 2.27. The average Bonchev–Trinajstić information content (AvgIpc) is 2.85. The third kappa shape index (κ3) is 5.26. The van der Waals surface area contributed by atoms with Crippen LogP contribution in [0.2, 0.25) is 0 Å². The molecule has 0 bridgehead atoms. The molecule has 0 saturated heterocycles. The highest BCUT2D eigenvalue weighted by molar-refractivity contribution is 7.92. The summed E-state index contributed by atoms with van der Waals surface area (Å²) in [5.41, 5.74) is 1.68. The van der Waals surface area contributed by atoms with Crippen molar-refractivity contribution in [2.75, 3.05) is 30.4 Å². The van der Waals surface area contributed by atoms with Gasteiger partial charge in [0, 0.05) is 11.4 Å². The van der Waals surface area contributed by atoms with Gasteiger partial charge in [0.15, 0.2) is 0 Å². The van der Waals surface area contributed by atoms with E-state index >= 15 is 0 Å². The molecule has 2 N–H and O–H groups in total. The number of hydrogen-bond acceptors (Lipinski definition) is 6. The molecular formula is C25H26N2O6S. The molecule has 1 aliphatic rings. The van der Waals surface area contributed by atoms with Crippen LogP contribution in [0.1, 0.15) is 12.5 Å². The van der Waals surface area contributed by atoms with Gasteiger partial charge in [0.25, 0.3) is 10.0 Å². The Balaban J connectivity index is 1.51. The van der Waals surface area contributed by atoms with E-state index in [0.717, 1.165) is 11.3 Å². The van der Waals surface area contributed by atoms with E-state index in [4.69, 9.17) is 14.2 Å². The number of methoxy groups -OCH3 is 1. The Morgan fingerprint density at radius 1 is 1.06 bits per heavy atom. The minimum absolute atomic E-state index is 0.0908. The SMILES string of the molecule is CCOc1ccc(NS(=O)(=O)c2cc(NC(=O)[C@H]3COc4ccccc4C3)ccc2OC)cc1. The summed E-state index contributed by atoms with van der Waals surface area (Å²) in [5, 5.41) is 2.81. The van der Waals surface area contributed by atoms with E-state index in [1.807, 2.05) is 31.2 Å². The lowest BCUT2D eigenvalue weighted by molar-refractivity contribution is -0.121. The maximum absolute atomic E-state index is 13.1. The van der Waals surface area contributed by atoms with Crippen molar-refractivity contribution in [3.8, 4) is 17.2 Å². The largest absolute Gasteiger partial charge is 0.495 e. The van der Waals surface area contributed by atoms with Crippen LogP contribution in [0.3, 0.4) is 0 Å². The summed E-state index contributed by atoms with van der Waals surface area (Å²) in [6.45, 7) is 2.64. The molecular weight excluding hydrogens is 456 g/mol. The minimum atomic E-state index is -4.00. The van der Waals surface area contributed by atoms with Gasteiger partial charge in [0.05, 0.1) is 19.6 Å². The van der Waals surface area contributed by atoms with E-state index < -0.39 is 10.0 Å². The van der Waals surface area contributed by atoms with Gasteiger partial charge < -0.3 is 19.5 Å². The molecule has 1 amide bonds. The first-order chi connectivity index (χ1) is 16.4. The molecule has 0 radical (unpaired) electrons. The molecule has 0 spiro atoms. The van der Waals surface area contributed by atoms with Crippen LogP contribution in [-0.4, -0.2) is 34.6 Å². The molecule has 34 heavy (non-hydrogen) atoms. The zero-order chi connectivity index (χ0) is 24.1. The lowest BCUT2D eigenvalue weighted by Gasteiger charge is -2.24. The van der Waals surface area contributed by atoms with Gasteiger partial charge in [0.1, 0.15) is 28.8 Å². The molecule has 1 aliphatic heterocycles. The normalized spacial score (nSPS) is 14.9. The molecule has 0 saturated carbocycles. The van der Waals surface area contributed by atoms with Crippen molar-refractivity contribution in [2.24, 2.45) is 5.92 Å². The number of sulfonamides is 1. The molecule has 0 aliphatic carbocycles. The molecule has 3 aromatic rings. The number of hydrogen-bond donors (Lipinski definition) is 2. The predicted octanol–water partition coefficient (Wildman–Crippen LogP) is 4.08. The first kappa shape index (κ1) is 23.4. The van der Waals surface area contributed by atoms with E-state index in [1.54, 1.807) is 30.3 Å². The van der Waals surface area contributed by atoms with Crippen molar-refractivity contribution in [1.29, 1.82) is 0 Å².